The molecule has 62 valence electrons. The van der Waals surface area contributed by atoms with Crippen LogP contribution in [0.4, 0.5) is 0 Å². The van der Waals surface area contributed by atoms with Gasteiger partial charge in [0.2, 0.25) is 0 Å². The molecule has 1 heteroatoms. The summed E-state index contributed by atoms with van der Waals surface area (Å²) in [6, 6.07) is 0.304. The molecule has 1 aliphatic carbocycles. The van der Waals surface area contributed by atoms with Gasteiger partial charge in [0.05, 0.1) is 6.04 Å². The van der Waals surface area contributed by atoms with E-state index < -0.39 is 0 Å². The summed E-state index contributed by atoms with van der Waals surface area (Å²) in [5.74, 6) is 3.66. The van der Waals surface area contributed by atoms with Crippen LogP contribution >= 0.6 is 0 Å². The summed E-state index contributed by atoms with van der Waals surface area (Å²) in [6.07, 6.45) is 12.1. The molecule has 0 spiro atoms. The lowest BCUT2D eigenvalue weighted by atomic mass is 9.99. The van der Waals surface area contributed by atoms with E-state index in [9.17, 15) is 0 Å². The average Bonchev–Trinajstić information content (AvgIpc) is 2.52. The lowest BCUT2D eigenvalue weighted by molar-refractivity contribution is 0.453. The smallest absolute Gasteiger partial charge is 0.0687 e. The lowest BCUT2D eigenvalue weighted by Crippen LogP contribution is -2.25. The molecule has 11 heavy (non-hydrogen) atoms. The first-order valence-corrected chi connectivity index (χ1v) is 4.50. The first-order chi connectivity index (χ1) is 5.36. The summed E-state index contributed by atoms with van der Waals surface area (Å²) in [4.78, 5) is 0. The molecule has 0 amide bonds. The fraction of sp³-hybridized carbons (Fsp3) is 0.800. The summed E-state index contributed by atoms with van der Waals surface area (Å²) < 4.78 is 0. The molecule has 1 nitrogen and oxygen atoms in total. The summed E-state index contributed by atoms with van der Waals surface area (Å²) in [5.41, 5.74) is 0. The molecule has 1 unspecified atom stereocenters. The fourth-order valence-electron chi connectivity index (χ4n) is 1.85. The van der Waals surface area contributed by atoms with Crippen LogP contribution in [0.3, 0.4) is 0 Å². The van der Waals surface area contributed by atoms with Crippen LogP contribution < -0.4 is 5.32 Å². The van der Waals surface area contributed by atoms with Gasteiger partial charge >= 0.3 is 0 Å². The van der Waals surface area contributed by atoms with Gasteiger partial charge in [0.25, 0.3) is 0 Å². The van der Waals surface area contributed by atoms with E-state index in [1.165, 1.54) is 32.1 Å². The van der Waals surface area contributed by atoms with Gasteiger partial charge in [-0.05, 0) is 19.4 Å². The molecule has 1 N–H and O–H groups in total. The van der Waals surface area contributed by atoms with Crippen LogP contribution in [-0.2, 0) is 0 Å². The highest BCUT2D eigenvalue weighted by molar-refractivity contribution is 4.99. The van der Waals surface area contributed by atoms with Crippen molar-refractivity contribution in [3.05, 3.63) is 0 Å². The predicted molar refractivity (Wildman–Crippen MR) is 48.3 cm³/mol. The van der Waals surface area contributed by atoms with E-state index >= 15 is 0 Å². The molecular formula is C10H17N. The lowest BCUT2D eigenvalue weighted by Gasteiger charge is -2.13. The molecule has 0 heterocycles. The molecular weight excluding hydrogens is 134 g/mol. The van der Waals surface area contributed by atoms with E-state index in [1.807, 2.05) is 7.05 Å². The standard InChI is InChI=1S/C10H17N/c1-3-10(11-2)8-9-6-4-5-7-9/h1,9-11H,4-8H2,2H3. The largest absolute Gasteiger partial charge is 0.307 e. The number of nitrogens with one attached hydrogen (secondary N) is 1. The van der Waals surface area contributed by atoms with Crippen LogP contribution in [0, 0.1) is 18.3 Å². The Bertz CT molecular complexity index is 139. The Hall–Kier alpha value is -0.480. The van der Waals surface area contributed by atoms with E-state index in [0.717, 1.165) is 5.92 Å². The van der Waals surface area contributed by atoms with Crippen LogP contribution in [-0.4, -0.2) is 13.1 Å². The van der Waals surface area contributed by atoms with Crippen molar-refractivity contribution in [1.29, 1.82) is 0 Å². The molecule has 0 aliphatic heterocycles. The van der Waals surface area contributed by atoms with Crippen LogP contribution in [0.5, 0.6) is 0 Å². The van der Waals surface area contributed by atoms with Gasteiger partial charge in [-0.25, -0.2) is 0 Å². The molecule has 1 fully saturated rings. The number of hydrogen-bond donors (Lipinski definition) is 1. The van der Waals surface area contributed by atoms with Crippen LogP contribution in [0.15, 0.2) is 0 Å². The predicted octanol–water partition coefficient (Wildman–Crippen LogP) is 1.79. The van der Waals surface area contributed by atoms with Crippen molar-refractivity contribution >= 4 is 0 Å². The number of terminal acetylenes is 1. The zero-order valence-corrected chi connectivity index (χ0v) is 7.27. The molecule has 0 radical (unpaired) electrons. The van der Waals surface area contributed by atoms with Crippen molar-refractivity contribution in [2.75, 3.05) is 7.05 Å². The minimum absolute atomic E-state index is 0.304. The van der Waals surface area contributed by atoms with Gasteiger partial charge in [-0.3, -0.25) is 0 Å². The fourth-order valence-corrected chi connectivity index (χ4v) is 1.85. The molecule has 1 rings (SSSR count). The van der Waals surface area contributed by atoms with Gasteiger partial charge in [0, 0.05) is 0 Å². The first kappa shape index (κ1) is 8.62. The molecule has 1 aliphatic rings. The maximum Gasteiger partial charge on any atom is 0.0687 e. The Morgan fingerprint density at radius 1 is 1.55 bits per heavy atom. The topological polar surface area (TPSA) is 12.0 Å². The number of hydrogen-bond acceptors (Lipinski definition) is 1. The highest BCUT2D eigenvalue weighted by Crippen LogP contribution is 2.28. The third kappa shape index (κ3) is 2.55. The molecule has 0 aromatic heterocycles. The van der Waals surface area contributed by atoms with Crippen molar-refractivity contribution in [2.24, 2.45) is 5.92 Å². The van der Waals surface area contributed by atoms with E-state index in [0.29, 0.717) is 6.04 Å². The van der Waals surface area contributed by atoms with E-state index in [1.54, 1.807) is 0 Å². The SMILES string of the molecule is C#CC(CC1CCCC1)NC. The van der Waals surface area contributed by atoms with E-state index in [2.05, 4.69) is 11.2 Å². The Balaban J connectivity index is 2.23. The second kappa shape index (κ2) is 4.41. The van der Waals surface area contributed by atoms with E-state index in [-0.39, 0.29) is 0 Å². The Morgan fingerprint density at radius 3 is 2.64 bits per heavy atom. The van der Waals surface area contributed by atoms with Gasteiger partial charge in [-0.2, -0.15) is 0 Å². The van der Waals surface area contributed by atoms with Crippen molar-refractivity contribution in [1.82, 2.24) is 5.32 Å². The summed E-state index contributed by atoms with van der Waals surface area (Å²) in [7, 11) is 1.94. The molecule has 1 saturated carbocycles. The second-order valence-electron chi connectivity index (χ2n) is 3.39. The molecule has 0 saturated heterocycles. The highest BCUT2D eigenvalue weighted by Gasteiger charge is 2.17. The Morgan fingerprint density at radius 2 is 2.18 bits per heavy atom. The van der Waals surface area contributed by atoms with Gasteiger partial charge in [-0.15, -0.1) is 6.42 Å². The number of rotatable bonds is 3. The van der Waals surface area contributed by atoms with Crippen molar-refractivity contribution < 1.29 is 0 Å². The minimum atomic E-state index is 0.304. The zero-order valence-electron chi connectivity index (χ0n) is 7.27. The third-order valence-electron chi connectivity index (χ3n) is 2.59. The van der Waals surface area contributed by atoms with E-state index in [4.69, 9.17) is 6.42 Å². The first-order valence-electron chi connectivity index (χ1n) is 4.50. The van der Waals surface area contributed by atoms with Gasteiger partial charge in [-0.1, -0.05) is 31.6 Å². The monoisotopic (exact) mass is 151 g/mol. The maximum atomic E-state index is 5.35. The van der Waals surface area contributed by atoms with Gasteiger partial charge in [0.15, 0.2) is 0 Å². The highest BCUT2D eigenvalue weighted by atomic mass is 14.9. The Kier molecular flexibility index (Phi) is 3.45. The normalized spacial score (nSPS) is 21.5. The third-order valence-corrected chi connectivity index (χ3v) is 2.59. The molecule has 1 atom stereocenters. The second-order valence-corrected chi connectivity index (χ2v) is 3.39. The quantitative estimate of drug-likeness (QED) is 0.606. The van der Waals surface area contributed by atoms with Gasteiger partial charge in [0.1, 0.15) is 0 Å². The van der Waals surface area contributed by atoms with Crippen LogP contribution in [0.1, 0.15) is 32.1 Å². The summed E-state index contributed by atoms with van der Waals surface area (Å²) >= 11 is 0. The molecule has 0 aromatic carbocycles. The van der Waals surface area contributed by atoms with Crippen LogP contribution in [0.25, 0.3) is 0 Å². The van der Waals surface area contributed by atoms with Crippen LogP contribution in [0.2, 0.25) is 0 Å². The Labute approximate surface area is 69.6 Å². The summed E-state index contributed by atoms with van der Waals surface area (Å²) in [6.45, 7) is 0. The van der Waals surface area contributed by atoms with Gasteiger partial charge < -0.3 is 5.32 Å². The maximum absolute atomic E-state index is 5.35. The molecule has 0 aromatic rings. The summed E-state index contributed by atoms with van der Waals surface area (Å²) in [5, 5.41) is 3.14. The molecule has 0 bridgehead atoms. The average molecular weight is 151 g/mol. The minimum Gasteiger partial charge on any atom is -0.307 e. The van der Waals surface area contributed by atoms with Crippen molar-refractivity contribution in [3.63, 3.8) is 0 Å². The van der Waals surface area contributed by atoms with Crippen molar-refractivity contribution in [2.45, 2.75) is 38.1 Å². The van der Waals surface area contributed by atoms with Crippen molar-refractivity contribution in [3.8, 4) is 12.3 Å². The zero-order chi connectivity index (χ0) is 8.10.